The first-order valence-corrected chi connectivity index (χ1v) is 9.08. The molecule has 1 amide bonds. The summed E-state index contributed by atoms with van der Waals surface area (Å²) in [5, 5.41) is 3.35. The van der Waals surface area contributed by atoms with Crippen LogP contribution in [0.2, 0.25) is 0 Å². The second-order valence-corrected chi connectivity index (χ2v) is 6.70. The number of hydrogen-bond acceptors (Lipinski definition) is 5. The number of benzene rings is 3. The van der Waals surface area contributed by atoms with E-state index < -0.39 is 12.0 Å². The van der Waals surface area contributed by atoms with Gasteiger partial charge in [0.05, 0.1) is 18.4 Å². The minimum atomic E-state index is -0.613. The number of ether oxygens (including phenoxy) is 3. The van der Waals surface area contributed by atoms with Crippen LogP contribution in [0.3, 0.4) is 0 Å². The van der Waals surface area contributed by atoms with Gasteiger partial charge in [-0.2, -0.15) is 0 Å². The number of carbonyl (C=O) groups is 1. The maximum atomic E-state index is 14.4. The van der Waals surface area contributed by atoms with E-state index in [1.165, 1.54) is 13.2 Å². The van der Waals surface area contributed by atoms with E-state index in [9.17, 15) is 9.18 Å². The van der Waals surface area contributed by atoms with Crippen molar-refractivity contribution in [2.45, 2.75) is 6.17 Å². The van der Waals surface area contributed by atoms with Crippen LogP contribution in [0.25, 0.3) is 0 Å². The number of fused-ring (bicyclic) bond motifs is 2. The number of nitrogens with one attached hydrogen (secondary N) is 1. The number of hydrogen-bond donors (Lipinski definition) is 1. The SMILES string of the molecule is COc1ccc([C@@H]2Nc3ccccc3C(=O)N2c2ccc3c(c2)OCO3)cc1F. The number of para-hydroxylation sites is 1. The van der Waals surface area contributed by atoms with Crippen molar-refractivity contribution in [1.29, 1.82) is 0 Å². The van der Waals surface area contributed by atoms with Crippen molar-refractivity contribution in [2.24, 2.45) is 0 Å². The molecule has 5 rings (SSSR count). The average molecular weight is 392 g/mol. The van der Waals surface area contributed by atoms with Crippen LogP contribution >= 0.6 is 0 Å². The first-order valence-electron chi connectivity index (χ1n) is 9.08. The Bertz CT molecular complexity index is 1120. The monoisotopic (exact) mass is 392 g/mol. The summed E-state index contributed by atoms with van der Waals surface area (Å²) in [6.07, 6.45) is -0.613. The topological polar surface area (TPSA) is 60.0 Å². The second-order valence-electron chi connectivity index (χ2n) is 6.70. The molecule has 0 radical (unpaired) electrons. The van der Waals surface area contributed by atoms with Crippen molar-refractivity contribution in [3.8, 4) is 17.2 Å². The first-order chi connectivity index (χ1) is 14.2. The maximum absolute atomic E-state index is 14.4. The Balaban J connectivity index is 1.64. The third kappa shape index (κ3) is 2.82. The molecule has 0 aliphatic carbocycles. The van der Waals surface area contributed by atoms with Gasteiger partial charge in [-0.15, -0.1) is 0 Å². The second kappa shape index (κ2) is 6.70. The molecular weight excluding hydrogens is 375 g/mol. The van der Waals surface area contributed by atoms with E-state index in [2.05, 4.69) is 5.32 Å². The third-order valence-corrected chi connectivity index (χ3v) is 5.05. The molecule has 2 aliphatic rings. The van der Waals surface area contributed by atoms with Crippen molar-refractivity contribution in [2.75, 3.05) is 24.1 Å². The Labute approximate surface area is 166 Å². The average Bonchev–Trinajstić information content (AvgIpc) is 3.21. The van der Waals surface area contributed by atoms with Crippen molar-refractivity contribution >= 4 is 17.3 Å². The fraction of sp³-hybridized carbons (Fsp3) is 0.136. The van der Waals surface area contributed by atoms with Crippen LogP contribution in [0, 0.1) is 5.82 Å². The number of carbonyl (C=O) groups excluding carboxylic acids is 1. The normalized spacial score (nSPS) is 17.0. The molecule has 0 aromatic heterocycles. The summed E-state index contributed by atoms with van der Waals surface area (Å²) in [6, 6.07) is 17.2. The van der Waals surface area contributed by atoms with Crippen LogP contribution in [-0.4, -0.2) is 19.8 Å². The van der Waals surface area contributed by atoms with Gasteiger partial charge in [0, 0.05) is 11.8 Å². The maximum Gasteiger partial charge on any atom is 0.262 e. The van der Waals surface area contributed by atoms with Crippen LogP contribution in [0.5, 0.6) is 17.2 Å². The van der Waals surface area contributed by atoms with Gasteiger partial charge >= 0.3 is 0 Å². The number of halogens is 1. The van der Waals surface area contributed by atoms with Gasteiger partial charge in [-0.3, -0.25) is 9.69 Å². The highest BCUT2D eigenvalue weighted by Crippen LogP contribution is 2.41. The van der Waals surface area contributed by atoms with Gasteiger partial charge in [0.2, 0.25) is 6.79 Å². The third-order valence-electron chi connectivity index (χ3n) is 5.05. The smallest absolute Gasteiger partial charge is 0.262 e. The zero-order valence-corrected chi connectivity index (χ0v) is 15.5. The molecule has 1 atom stereocenters. The summed E-state index contributed by atoms with van der Waals surface area (Å²) in [6.45, 7) is 0.140. The molecule has 6 nitrogen and oxygen atoms in total. The van der Waals surface area contributed by atoms with Crippen LogP contribution in [-0.2, 0) is 0 Å². The van der Waals surface area contributed by atoms with Gasteiger partial charge in [-0.05, 0) is 42.0 Å². The highest BCUT2D eigenvalue weighted by Gasteiger charge is 2.35. The zero-order valence-electron chi connectivity index (χ0n) is 15.5. The molecule has 2 aliphatic heterocycles. The molecule has 2 heterocycles. The Morgan fingerprint density at radius 1 is 1.07 bits per heavy atom. The van der Waals surface area contributed by atoms with Gasteiger partial charge in [-0.25, -0.2) is 4.39 Å². The molecule has 0 spiro atoms. The molecule has 0 saturated heterocycles. The van der Waals surface area contributed by atoms with Crippen molar-refractivity contribution in [1.82, 2.24) is 0 Å². The highest BCUT2D eigenvalue weighted by molar-refractivity contribution is 6.12. The molecular formula is C22H17FN2O4. The Hall–Kier alpha value is -3.74. The van der Waals surface area contributed by atoms with Gasteiger partial charge < -0.3 is 19.5 Å². The quantitative estimate of drug-likeness (QED) is 0.719. The predicted molar refractivity (Wildman–Crippen MR) is 105 cm³/mol. The summed E-state index contributed by atoms with van der Waals surface area (Å²) >= 11 is 0. The molecule has 29 heavy (non-hydrogen) atoms. The summed E-state index contributed by atoms with van der Waals surface area (Å²) < 4.78 is 30.3. The minimum Gasteiger partial charge on any atom is -0.494 e. The van der Waals surface area contributed by atoms with E-state index in [0.717, 1.165) is 0 Å². The van der Waals surface area contributed by atoms with Crippen molar-refractivity contribution < 1.29 is 23.4 Å². The fourth-order valence-electron chi connectivity index (χ4n) is 3.64. The number of rotatable bonds is 3. The minimum absolute atomic E-state index is 0.140. The lowest BCUT2D eigenvalue weighted by Gasteiger charge is -2.38. The van der Waals surface area contributed by atoms with Gasteiger partial charge in [0.15, 0.2) is 23.1 Å². The van der Waals surface area contributed by atoms with E-state index in [4.69, 9.17) is 14.2 Å². The summed E-state index contributed by atoms with van der Waals surface area (Å²) in [5.74, 6) is 0.640. The Morgan fingerprint density at radius 2 is 1.90 bits per heavy atom. The van der Waals surface area contributed by atoms with Crippen LogP contribution < -0.4 is 24.4 Å². The number of methoxy groups -OCH3 is 1. The molecule has 146 valence electrons. The van der Waals surface area contributed by atoms with Gasteiger partial charge in [0.25, 0.3) is 5.91 Å². The van der Waals surface area contributed by atoms with Crippen LogP contribution in [0.4, 0.5) is 15.8 Å². The molecule has 1 N–H and O–H groups in total. The summed E-state index contributed by atoms with van der Waals surface area (Å²) in [5.41, 5.74) is 2.43. The van der Waals surface area contributed by atoms with Gasteiger partial charge in [0.1, 0.15) is 6.17 Å². The molecule has 3 aromatic carbocycles. The van der Waals surface area contributed by atoms with Crippen molar-refractivity contribution in [3.63, 3.8) is 0 Å². The van der Waals surface area contributed by atoms with Crippen molar-refractivity contribution in [3.05, 3.63) is 77.6 Å². The molecule has 0 bridgehead atoms. The standard InChI is InChI=1S/C22H17FN2O4/c1-27-18-8-6-13(10-16(18)23)21-24-17-5-3-2-4-15(17)22(26)25(21)14-7-9-19-20(11-14)29-12-28-19/h2-11,21,24H,12H2,1H3/t21-/m1/s1. The Kier molecular flexibility index (Phi) is 4.01. The summed E-state index contributed by atoms with van der Waals surface area (Å²) in [4.78, 5) is 15.0. The zero-order chi connectivity index (χ0) is 20.0. The van der Waals surface area contributed by atoms with E-state index in [0.29, 0.717) is 34.0 Å². The first kappa shape index (κ1) is 17.4. The largest absolute Gasteiger partial charge is 0.494 e. The van der Waals surface area contributed by atoms with E-state index in [-0.39, 0.29) is 18.4 Å². The lowest BCUT2D eigenvalue weighted by Crippen LogP contribution is -2.43. The molecule has 0 saturated carbocycles. The highest BCUT2D eigenvalue weighted by atomic mass is 19.1. The lowest BCUT2D eigenvalue weighted by molar-refractivity contribution is 0.0975. The molecule has 0 fully saturated rings. The molecule has 7 heteroatoms. The van der Waals surface area contributed by atoms with Gasteiger partial charge in [-0.1, -0.05) is 18.2 Å². The molecule has 3 aromatic rings. The van der Waals surface area contributed by atoms with E-state index in [1.54, 1.807) is 41.3 Å². The summed E-state index contributed by atoms with van der Waals surface area (Å²) in [7, 11) is 1.41. The fourth-order valence-corrected chi connectivity index (χ4v) is 3.64. The van der Waals surface area contributed by atoms with Crippen LogP contribution in [0.1, 0.15) is 22.1 Å². The van der Waals surface area contributed by atoms with Crippen LogP contribution in [0.15, 0.2) is 60.7 Å². The predicted octanol–water partition coefficient (Wildman–Crippen LogP) is 4.33. The number of nitrogens with zero attached hydrogens (tertiary/aromatic N) is 1. The van der Waals surface area contributed by atoms with E-state index in [1.807, 2.05) is 18.2 Å². The number of amides is 1. The Morgan fingerprint density at radius 3 is 2.72 bits per heavy atom. The lowest BCUT2D eigenvalue weighted by atomic mass is 10.0. The number of anilines is 2. The molecule has 0 unspecified atom stereocenters. The van der Waals surface area contributed by atoms with E-state index >= 15 is 0 Å².